The lowest BCUT2D eigenvalue weighted by atomic mass is 10.3. The monoisotopic (exact) mass is 212 g/mol. The second kappa shape index (κ2) is 4.31. The van der Waals surface area contributed by atoms with Crippen LogP contribution in [-0.2, 0) is 9.59 Å². The maximum Gasteiger partial charge on any atom is 0.236 e. The van der Waals surface area contributed by atoms with Gasteiger partial charge in [-0.2, -0.15) is 5.10 Å². The normalized spacial score (nSPS) is 9.87. The molecule has 0 spiro atoms. The van der Waals surface area contributed by atoms with Crippen LogP contribution in [0, 0.1) is 0 Å². The highest BCUT2D eigenvalue weighted by molar-refractivity contribution is 5.86. The van der Waals surface area contributed by atoms with Gasteiger partial charge in [0.1, 0.15) is 11.5 Å². The van der Waals surface area contributed by atoms with Gasteiger partial charge >= 0.3 is 0 Å². The first-order valence-electron chi connectivity index (χ1n) is 4.11. The SMILES string of the molecule is NC(=O)CN(CC(N)=O)c1cn[nH]c1N. The Morgan fingerprint density at radius 1 is 1.33 bits per heavy atom. The molecule has 15 heavy (non-hydrogen) atoms. The summed E-state index contributed by atoms with van der Waals surface area (Å²) < 4.78 is 0. The summed E-state index contributed by atoms with van der Waals surface area (Å²) in [7, 11) is 0. The fraction of sp³-hybridized carbons (Fsp3) is 0.286. The van der Waals surface area contributed by atoms with Crippen LogP contribution in [0.15, 0.2) is 6.20 Å². The number of nitrogens with two attached hydrogens (primary N) is 3. The smallest absolute Gasteiger partial charge is 0.236 e. The van der Waals surface area contributed by atoms with Gasteiger partial charge in [-0.3, -0.25) is 14.7 Å². The fourth-order valence-corrected chi connectivity index (χ4v) is 1.14. The molecule has 1 heterocycles. The Morgan fingerprint density at radius 3 is 2.20 bits per heavy atom. The van der Waals surface area contributed by atoms with E-state index in [1.165, 1.54) is 11.1 Å². The van der Waals surface area contributed by atoms with Crippen molar-refractivity contribution in [3.05, 3.63) is 6.20 Å². The van der Waals surface area contributed by atoms with Crippen LogP contribution in [-0.4, -0.2) is 35.1 Å². The van der Waals surface area contributed by atoms with Gasteiger partial charge in [0, 0.05) is 0 Å². The zero-order chi connectivity index (χ0) is 11.4. The van der Waals surface area contributed by atoms with Crippen LogP contribution in [0.5, 0.6) is 0 Å². The molecule has 1 aromatic heterocycles. The zero-order valence-corrected chi connectivity index (χ0v) is 7.93. The molecule has 0 fully saturated rings. The lowest BCUT2D eigenvalue weighted by molar-refractivity contribution is -0.117. The molecule has 0 saturated heterocycles. The number of nitrogens with one attached hydrogen (secondary N) is 1. The van der Waals surface area contributed by atoms with Gasteiger partial charge in [0.15, 0.2) is 0 Å². The maximum atomic E-state index is 10.8. The topological polar surface area (TPSA) is 144 Å². The van der Waals surface area contributed by atoms with Crippen LogP contribution in [0.1, 0.15) is 0 Å². The van der Waals surface area contributed by atoms with Crippen LogP contribution >= 0.6 is 0 Å². The number of aromatic amines is 1. The first kappa shape index (κ1) is 10.8. The summed E-state index contributed by atoms with van der Waals surface area (Å²) in [4.78, 5) is 22.9. The van der Waals surface area contributed by atoms with E-state index in [2.05, 4.69) is 10.2 Å². The number of H-pyrrole nitrogens is 1. The van der Waals surface area contributed by atoms with Gasteiger partial charge in [0.2, 0.25) is 11.8 Å². The van der Waals surface area contributed by atoms with Gasteiger partial charge in [-0.1, -0.05) is 0 Å². The number of nitrogens with zero attached hydrogens (tertiary/aromatic N) is 2. The van der Waals surface area contributed by atoms with E-state index in [1.807, 2.05) is 0 Å². The third-order valence-electron chi connectivity index (χ3n) is 1.68. The van der Waals surface area contributed by atoms with E-state index >= 15 is 0 Å². The van der Waals surface area contributed by atoms with Crippen molar-refractivity contribution in [1.29, 1.82) is 0 Å². The number of rotatable bonds is 5. The average Bonchev–Trinajstić information content (AvgIpc) is 2.48. The molecule has 82 valence electrons. The van der Waals surface area contributed by atoms with Crippen molar-refractivity contribution in [2.75, 3.05) is 23.7 Å². The molecule has 8 nitrogen and oxygen atoms in total. The van der Waals surface area contributed by atoms with Gasteiger partial charge < -0.3 is 22.1 Å². The van der Waals surface area contributed by atoms with Crippen molar-refractivity contribution in [1.82, 2.24) is 10.2 Å². The van der Waals surface area contributed by atoms with Gasteiger partial charge in [-0.15, -0.1) is 0 Å². The zero-order valence-electron chi connectivity index (χ0n) is 7.93. The number of amides is 2. The van der Waals surface area contributed by atoms with Crippen molar-refractivity contribution < 1.29 is 9.59 Å². The van der Waals surface area contributed by atoms with Gasteiger partial charge in [-0.05, 0) is 0 Å². The van der Waals surface area contributed by atoms with Crippen molar-refractivity contribution in [3.63, 3.8) is 0 Å². The average molecular weight is 212 g/mol. The Kier molecular flexibility index (Phi) is 3.11. The number of primary amides is 2. The Balaban J connectivity index is 2.85. The van der Waals surface area contributed by atoms with Gasteiger partial charge in [-0.25, -0.2) is 0 Å². The molecule has 0 radical (unpaired) electrons. The number of carbonyl (C=O) groups is 2. The maximum absolute atomic E-state index is 10.8. The summed E-state index contributed by atoms with van der Waals surface area (Å²) in [5, 5.41) is 6.14. The highest BCUT2D eigenvalue weighted by Gasteiger charge is 2.15. The van der Waals surface area contributed by atoms with Gasteiger partial charge in [0.25, 0.3) is 0 Å². The number of aromatic nitrogens is 2. The quantitative estimate of drug-likeness (QED) is 0.436. The van der Waals surface area contributed by atoms with Crippen LogP contribution in [0.4, 0.5) is 11.5 Å². The van der Waals surface area contributed by atoms with Crippen LogP contribution < -0.4 is 22.1 Å². The van der Waals surface area contributed by atoms with E-state index in [4.69, 9.17) is 17.2 Å². The molecule has 0 bridgehead atoms. The number of anilines is 2. The minimum Gasteiger partial charge on any atom is -0.382 e. The Labute approximate surface area is 85.4 Å². The van der Waals surface area contributed by atoms with E-state index < -0.39 is 11.8 Å². The molecule has 1 rings (SSSR count). The van der Waals surface area contributed by atoms with E-state index in [1.54, 1.807) is 0 Å². The Morgan fingerprint density at radius 2 is 1.87 bits per heavy atom. The van der Waals surface area contributed by atoms with E-state index in [0.29, 0.717) is 5.69 Å². The fourth-order valence-electron chi connectivity index (χ4n) is 1.14. The third-order valence-corrected chi connectivity index (χ3v) is 1.68. The third kappa shape index (κ3) is 2.86. The predicted octanol–water partition coefficient (Wildman–Crippen LogP) is -2.23. The Bertz CT molecular complexity index is 357. The molecule has 8 heteroatoms. The molecule has 7 N–H and O–H groups in total. The predicted molar refractivity (Wildman–Crippen MR) is 53.6 cm³/mol. The number of nitrogen functional groups attached to an aromatic ring is 1. The summed E-state index contributed by atoms with van der Waals surface area (Å²) >= 11 is 0. The van der Waals surface area contributed by atoms with Crippen LogP contribution in [0.2, 0.25) is 0 Å². The second-order valence-electron chi connectivity index (χ2n) is 2.96. The van der Waals surface area contributed by atoms with Crippen molar-refractivity contribution in [2.45, 2.75) is 0 Å². The van der Waals surface area contributed by atoms with Crippen molar-refractivity contribution >= 4 is 23.3 Å². The molecular formula is C7H12N6O2. The first-order chi connectivity index (χ1) is 7.00. The molecule has 0 aliphatic carbocycles. The van der Waals surface area contributed by atoms with Crippen molar-refractivity contribution in [2.24, 2.45) is 11.5 Å². The minimum atomic E-state index is -0.586. The van der Waals surface area contributed by atoms with Crippen LogP contribution in [0.25, 0.3) is 0 Å². The Hall–Kier alpha value is -2.25. The lowest BCUT2D eigenvalue weighted by Gasteiger charge is -2.19. The summed E-state index contributed by atoms with van der Waals surface area (Å²) in [6.45, 7) is -0.292. The molecule has 2 amide bonds. The van der Waals surface area contributed by atoms with E-state index in [9.17, 15) is 9.59 Å². The first-order valence-corrected chi connectivity index (χ1v) is 4.11. The largest absolute Gasteiger partial charge is 0.382 e. The lowest BCUT2D eigenvalue weighted by Crippen LogP contribution is -2.39. The number of hydrogen-bond donors (Lipinski definition) is 4. The highest BCUT2D eigenvalue weighted by atomic mass is 16.2. The van der Waals surface area contributed by atoms with E-state index in [0.717, 1.165) is 0 Å². The molecule has 1 aromatic rings. The minimum absolute atomic E-state index is 0.146. The summed E-state index contributed by atoms with van der Waals surface area (Å²) in [6, 6.07) is 0. The second-order valence-corrected chi connectivity index (χ2v) is 2.96. The van der Waals surface area contributed by atoms with Gasteiger partial charge in [0.05, 0.1) is 19.3 Å². The van der Waals surface area contributed by atoms with E-state index in [-0.39, 0.29) is 18.9 Å². The standard InChI is InChI=1S/C7H12N6O2/c8-5(14)2-13(3-6(9)15)4-1-11-12-7(4)10/h1H,2-3H2,(H2,8,14)(H2,9,15)(H3,10,11,12). The number of hydrogen-bond acceptors (Lipinski definition) is 5. The van der Waals surface area contributed by atoms with Crippen LogP contribution in [0.3, 0.4) is 0 Å². The molecule has 0 aliphatic rings. The molecular weight excluding hydrogens is 200 g/mol. The van der Waals surface area contributed by atoms with Crippen molar-refractivity contribution in [3.8, 4) is 0 Å². The molecule has 0 saturated carbocycles. The number of carbonyl (C=O) groups excluding carboxylic acids is 2. The summed E-state index contributed by atoms with van der Waals surface area (Å²) in [5.41, 5.74) is 16.0. The molecule has 0 unspecified atom stereocenters. The highest BCUT2D eigenvalue weighted by Crippen LogP contribution is 2.18. The molecule has 0 aromatic carbocycles. The molecule has 0 aliphatic heterocycles. The summed E-state index contributed by atoms with van der Waals surface area (Å²) in [5.74, 6) is -0.925. The molecule has 0 atom stereocenters. The summed E-state index contributed by atoms with van der Waals surface area (Å²) in [6.07, 6.45) is 1.39.